The maximum atomic E-state index is 13.3. The van der Waals surface area contributed by atoms with E-state index < -0.39 is 17.4 Å². The molecule has 3 amide bonds. The van der Waals surface area contributed by atoms with Gasteiger partial charge in [0.15, 0.2) is 0 Å². The van der Waals surface area contributed by atoms with E-state index in [0.717, 1.165) is 30.4 Å². The summed E-state index contributed by atoms with van der Waals surface area (Å²) in [5.41, 5.74) is 4.33. The van der Waals surface area contributed by atoms with Gasteiger partial charge in [-0.15, -0.1) is 0 Å². The molecular formula is C31H42N4O5. The topological polar surface area (TPSA) is 128 Å². The number of carbonyl (C=O) groups is 4. The average molecular weight is 551 g/mol. The summed E-state index contributed by atoms with van der Waals surface area (Å²) in [5.74, 6) is -1.36. The van der Waals surface area contributed by atoms with Crippen LogP contribution in [0.4, 0.5) is 0 Å². The lowest BCUT2D eigenvalue weighted by molar-refractivity contribution is -0.142. The zero-order chi connectivity index (χ0) is 29.4. The summed E-state index contributed by atoms with van der Waals surface area (Å²) in [6.45, 7) is 8.20. The molecule has 0 spiro atoms. The number of benzene rings is 2. The Kier molecular flexibility index (Phi) is 10.5. The SMILES string of the molecule is CNCC(=O)NC(C(=O)N1Cc2cc(C(=O)O)ccc2CC1C)C(C)(C)C.O=CNC1CCCc2ccccc21. The van der Waals surface area contributed by atoms with Crippen LogP contribution in [-0.4, -0.2) is 59.9 Å². The molecule has 1 aliphatic carbocycles. The second-order valence-electron chi connectivity index (χ2n) is 11.6. The fraction of sp³-hybridized carbons (Fsp3) is 0.484. The smallest absolute Gasteiger partial charge is 0.335 e. The van der Waals surface area contributed by atoms with E-state index in [0.29, 0.717) is 13.0 Å². The largest absolute Gasteiger partial charge is 0.478 e. The van der Waals surface area contributed by atoms with Crippen LogP contribution in [0.2, 0.25) is 0 Å². The zero-order valence-corrected chi connectivity index (χ0v) is 24.1. The molecule has 0 saturated carbocycles. The van der Waals surface area contributed by atoms with Gasteiger partial charge in [0.1, 0.15) is 6.04 Å². The number of carboxylic acids is 1. The predicted molar refractivity (Wildman–Crippen MR) is 154 cm³/mol. The number of carboxylic acid groups (broad SMARTS) is 1. The minimum Gasteiger partial charge on any atom is -0.478 e. The molecule has 1 heterocycles. The molecule has 2 aromatic rings. The van der Waals surface area contributed by atoms with Gasteiger partial charge in [-0.05, 0) is 79.5 Å². The quantitative estimate of drug-likeness (QED) is 0.392. The fourth-order valence-corrected chi connectivity index (χ4v) is 5.36. The first kappa shape index (κ1) is 30.8. The molecule has 9 heteroatoms. The minimum absolute atomic E-state index is 0.0354. The Morgan fingerprint density at radius 2 is 1.82 bits per heavy atom. The van der Waals surface area contributed by atoms with Gasteiger partial charge in [0.2, 0.25) is 18.2 Å². The molecule has 4 rings (SSSR count). The van der Waals surface area contributed by atoms with Crippen LogP contribution in [-0.2, 0) is 33.8 Å². The summed E-state index contributed by atoms with van der Waals surface area (Å²) >= 11 is 0. The maximum absolute atomic E-state index is 13.3. The first-order valence-corrected chi connectivity index (χ1v) is 13.8. The summed E-state index contributed by atoms with van der Waals surface area (Å²) in [5, 5.41) is 17.7. The summed E-state index contributed by atoms with van der Waals surface area (Å²) in [6.07, 6.45) is 4.83. The highest BCUT2D eigenvalue weighted by Gasteiger charge is 2.38. The lowest BCUT2D eigenvalue weighted by Crippen LogP contribution is -2.58. The number of nitrogens with one attached hydrogen (secondary N) is 3. The monoisotopic (exact) mass is 550 g/mol. The second kappa shape index (κ2) is 13.6. The van der Waals surface area contributed by atoms with Crippen molar-refractivity contribution in [3.05, 3.63) is 70.3 Å². The number of likely N-dealkylation sites (N-methyl/N-ethyl adjacent to an activating group) is 1. The van der Waals surface area contributed by atoms with Crippen molar-refractivity contribution in [2.24, 2.45) is 5.41 Å². The van der Waals surface area contributed by atoms with Crippen LogP contribution in [0.3, 0.4) is 0 Å². The van der Waals surface area contributed by atoms with Crippen molar-refractivity contribution in [2.45, 2.75) is 78.0 Å². The lowest BCUT2D eigenvalue weighted by Gasteiger charge is -2.40. The Morgan fingerprint density at radius 1 is 1.10 bits per heavy atom. The van der Waals surface area contributed by atoms with E-state index in [1.54, 1.807) is 24.1 Å². The highest BCUT2D eigenvalue weighted by atomic mass is 16.4. The number of hydrogen-bond donors (Lipinski definition) is 4. The fourth-order valence-electron chi connectivity index (χ4n) is 5.36. The molecule has 0 saturated heterocycles. The molecule has 4 N–H and O–H groups in total. The normalized spacial score (nSPS) is 18.7. The number of aryl methyl sites for hydroxylation is 1. The third-order valence-corrected chi connectivity index (χ3v) is 7.52. The van der Waals surface area contributed by atoms with Crippen molar-refractivity contribution in [2.75, 3.05) is 13.6 Å². The van der Waals surface area contributed by atoms with Crippen molar-refractivity contribution >= 4 is 24.2 Å². The van der Waals surface area contributed by atoms with E-state index in [1.807, 2.05) is 39.8 Å². The molecule has 0 radical (unpaired) electrons. The van der Waals surface area contributed by atoms with Crippen molar-refractivity contribution < 1.29 is 24.3 Å². The molecular weight excluding hydrogens is 508 g/mol. The van der Waals surface area contributed by atoms with Crippen LogP contribution in [0.1, 0.15) is 79.2 Å². The first-order valence-electron chi connectivity index (χ1n) is 13.8. The zero-order valence-electron chi connectivity index (χ0n) is 24.1. The molecule has 3 unspecified atom stereocenters. The van der Waals surface area contributed by atoms with E-state index in [2.05, 4.69) is 34.1 Å². The minimum atomic E-state index is -0.985. The van der Waals surface area contributed by atoms with E-state index in [4.69, 9.17) is 0 Å². The van der Waals surface area contributed by atoms with Crippen LogP contribution in [0.5, 0.6) is 0 Å². The second-order valence-corrected chi connectivity index (χ2v) is 11.6. The van der Waals surface area contributed by atoms with Crippen LogP contribution < -0.4 is 16.0 Å². The van der Waals surface area contributed by atoms with Gasteiger partial charge in [-0.1, -0.05) is 51.1 Å². The summed E-state index contributed by atoms with van der Waals surface area (Å²) < 4.78 is 0. The number of nitrogens with zero attached hydrogens (tertiary/aromatic N) is 1. The summed E-state index contributed by atoms with van der Waals surface area (Å²) in [7, 11) is 1.68. The highest BCUT2D eigenvalue weighted by Crippen LogP contribution is 2.30. The van der Waals surface area contributed by atoms with Gasteiger partial charge < -0.3 is 26.0 Å². The van der Waals surface area contributed by atoms with Crippen LogP contribution >= 0.6 is 0 Å². The van der Waals surface area contributed by atoms with Crippen molar-refractivity contribution in [1.82, 2.24) is 20.9 Å². The Labute approximate surface area is 236 Å². The molecule has 0 aromatic heterocycles. The van der Waals surface area contributed by atoms with Crippen LogP contribution in [0, 0.1) is 5.41 Å². The van der Waals surface area contributed by atoms with Crippen LogP contribution in [0.25, 0.3) is 0 Å². The molecule has 40 heavy (non-hydrogen) atoms. The van der Waals surface area contributed by atoms with Crippen molar-refractivity contribution in [3.63, 3.8) is 0 Å². The number of rotatable bonds is 7. The lowest BCUT2D eigenvalue weighted by atomic mass is 9.84. The number of hydrogen-bond acceptors (Lipinski definition) is 5. The van der Waals surface area contributed by atoms with Crippen molar-refractivity contribution in [1.29, 1.82) is 0 Å². The highest BCUT2D eigenvalue weighted by molar-refractivity contribution is 5.90. The van der Waals surface area contributed by atoms with Gasteiger partial charge >= 0.3 is 5.97 Å². The molecule has 0 fully saturated rings. The molecule has 3 atom stereocenters. The van der Waals surface area contributed by atoms with E-state index in [-0.39, 0.29) is 36.0 Å². The van der Waals surface area contributed by atoms with E-state index >= 15 is 0 Å². The molecule has 216 valence electrons. The summed E-state index contributed by atoms with van der Waals surface area (Å²) in [4.78, 5) is 48.7. The number of fused-ring (bicyclic) bond motifs is 2. The van der Waals surface area contributed by atoms with Gasteiger partial charge in [0, 0.05) is 12.6 Å². The third kappa shape index (κ3) is 7.69. The number of amides is 3. The van der Waals surface area contributed by atoms with Gasteiger partial charge in [0.05, 0.1) is 18.2 Å². The predicted octanol–water partition coefficient (Wildman–Crippen LogP) is 3.22. The Hall–Kier alpha value is -3.72. The summed E-state index contributed by atoms with van der Waals surface area (Å²) in [6, 6.07) is 12.9. The Balaban J connectivity index is 0.000000281. The van der Waals surface area contributed by atoms with E-state index in [9.17, 15) is 24.3 Å². The molecule has 2 aliphatic rings. The van der Waals surface area contributed by atoms with Gasteiger partial charge in [-0.2, -0.15) is 0 Å². The number of carbonyl (C=O) groups excluding carboxylic acids is 3. The van der Waals surface area contributed by atoms with Gasteiger partial charge in [0.25, 0.3) is 0 Å². The molecule has 2 aromatic carbocycles. The average Bonchev–Trinajstić information content (AvgIpc) is 2.91. The van der Waals surface area contributed by atoms with Gasteiger partial charge in [-0.3, -0.25) is 14.4 Å². The van der Waals surface area contributed by atoms with Crippen molar-refractivity contribution in [3.8, 4) is 0 Å². The van der Waals surface area contributed by atoms with E-state index in [1.165, 1.54) is 17.5 Å². The molecule has 0 bridgehead atoms. The first-order chi connectivity index (χ1) is 19.0. The third-order valence-electron chi connectivity index (χ3n) is 7.52. The Morgan fingerprint density at radius 3 is 2.48 bits per heavy atom. The molecule has 1 aliphatic heterocycles. The standard InChI is InChI=1S/C20H29N3O4.C11H13NO/c1-12-8-13-6-7-14(19(26)27)9-15(13)11-23(12)18(25)17(20(2,3)4)22-16(24)10-21-5;13-8-12-11-7-3-5-9-4-1-2-6-10(9)11/h6-7,9,12,17,21H,8,10-11H2,1-5H3,(H,22,24)(H,26,27);1-2,4,6,8,11H,3,5,7H2,(H,12,13). The van der Waals surface area contributed by atoms with Gasteiger partial charge in [-0.25, -0.2) is 4.79 Å². The Bertz CT molecular complexity index is 1220. The van der Waals surface area contributed by atoms with Crippen LogP contribution in [0.15, 0.2) is 42.5 Å². The molecule has 9 nitrogen and oxygen atoms in total. The number of aromatic carboxylic acids is 1. The maximum Gasteiger partial charge on any atom is 0.335 e.